The van der Waals surface area contributed by atoms with Crippen LogP contribution in [0.15, 0.2) is 22.1 Å². The van der Waals surface area contributed by atoms with Crippen molar-refractivity contribution in [2.24, 2.45) is 9.98 Å². The summed E-state index contributed by atoms with van der Waals surface area (Å²) in [5.74, 6) is -0.199. The summed E-state index contributed by atoms with van der Waals surface area (Å²) in [6.07, 6.45) is 6.45. The van der Waals surface area contributed by atoms with E-state index in [1.165, 1.54) is 6.21 Å². The normalized spacial score (nSPS) is 21.1. The smallest absolute Gasteiger partial charge is 0.267 e. The highest BCUT2D eigenvalue weighted by atomic mass is 16.1. The Balaban J connectivity index is 2.70. The van der Waals surface area contributed by atoms with E-state index in [1.54, 1.807) is 18.4 Å². The number of hydrogen-bond acceptors (Lipinski definition) is 2. The van der Waals surface area contributed by atoms with Crippen LogP contribution in [0, 0.1) is 0 Å². The summed E-state index contributed by atoms with van der Waals surface area (Å²) >= 11 is 0. The zero-order valence-electron chi connectivity index (χ0n) is 4.82. The van der Waals surface area contributed by atoms with Crippen LogP contribution in [0.4, 0.5) is 0 Å². The second kappa shape index (κ2) is 2.91. The SMILES string of the molecule is O=C1CN=C/C=C\C=N1. The van der Waals surface area contributed by atoms with Crippen molar-refractivity contribution in [3.8, 4) is 0 Å². The van der Waals surface area contributed by atoms with E-state index in [9.17, 15) is 4.79 Å². The third kappa shape index (κ3) is 1.99. The van der Waals surface area contributed by atoms with Crippen molar-refractivity contribution in [3.05, 3.63) is 12.2 Å². The Kier molecular flexibility index (Phi) is 1.90. The molecule has 0 fully saturated rings. The zero-order chi connectivity index (χ0) is 6.53. The third-order valence-corrected chi connectivity index (χ3v) is 0.834. The van der Waals surface area contributed by atoms with Gasteiger partial charge in [0.25, 0.3) is 5.91 Å². The molecule has 46 valence electrons. The first-order valence-corrected chi connectivity index (χ1v) is 2.61. The lowest BCUT2D eigenvalue weighted by molar-refractivity contribution is -0.116. The number of nitrogens with zero attached hydrogens (tertiary/aromatic N) is 2. The second-order valence-electron chi connectivity index (χ2n) is 1.55. The van der Waals surface area contributed by atoms with E-state index in [0.717, 1.165) is 0 Å². The Bertz CT molecular complexity index is 191. The van der Waals surface area contributed by atoms with Gasteiger partial charge in [-0.05, 0) is 12.2 Å². The van der Waals surface area contributed by atoms with Gasteiger partial charge in [-0.3, -0.25) is 9.79 Å². The number of amides is 1. The minimum atomic E-state index is -0.199. The molecule has 0 unspecified atom stereocenters. The fraction of sp³-hybridized carbons (Fsp3) is 0.167. The number of hydrogen-bond donors (Lipinski definition) is 0. The van der Waals surface area contributed by atoms with Gasteiger partial charge in [-0.15, -0.1) is 0 Å². The van der Waals surface area contributed by atoms with Crippen LogP contribution in [0.5, 0.6) is 0 Å². The standard InChI is InChI=1S/C6H6N2O/c9-6-5-7-3-1-2-4-8-6/h1-4H,5H2/b2-1-,7-3?,8-4?. The van der Waals surface area contributed by atoms with E-state index in [2.05, 4.69) is 9.98 Å². The average molecular weight is 122 g/mol. The summed E-state index contributed by atoms with van der Waals surface area (Å²) in [4.78, 5) is 17.7. The lowest BCUT2D eigenvalue weighted by atomic mass is 10.5. The van der Waals surface area contributed by atoms with Gasteiger partial charge in [0.2, 0.25) is 0 Å². The third-order valence-electron chi connectivity index (χ3n) is 0.834. The monoisotopic (exact) mass is 122 g/mol. The predicted octanol–water partition coefficient (Wildman–Crippen LogP) is 0.224. The van der Waals surface area contributed by atoms with Crippen LogP contribution in [-0.4, -0.2) is 24.9 Å². The first-order valence-electron chi connectivity index (χ1n) is 2.61. The lowest BCUT2D eigenvalue weighted by Gasteiger charge is -1.86. The minimum absolute atomic E-state index is 0.167. The molecule has 9 heavy (non-hydrogen) atoms. The highest BCUT2D eigenvalue weighted by Gasteiger charge is 1.92. The quantitative estimate of drug-likeness (QED) is 0.453. The van der Waals surface area contributed by atoms with Gasteiger partial charge in [0, 0.05) is 12.4 Å². The summed E-state index contributed by atoms with van der Waals surface area (Å²) in [5.41, 5.74) is 0. The number of carbonyl (C=O) groups is 1. The zero-order valence-corrected chi connectivity index (χ0v) is 4.82. The molecule has 1 heterocycles. The van der Waals surface area contributed by atoms with Crippen LogP contribution in [0.3, 0.4) is 0 Å². The Morgan fingerprint density at radius 3 is 3.00 bits per heavy atom. The number of rotatable bonds is 0. The van der Waals surface area contributed by atoms with Crippen molar-refractivity contribution in [1.29, 1.82) is 0 Å². The van der Waals surface area contributed by atoms with Crippen molar-refractivity contribution >= 4 is 18.3 Å². The van der Waals surface area contributed by atoms with Gasteiger partial charge in [0.05, 0.1) is 0 Å². The van der Waals surface area contributed by atoms with E-state index in [1.807, 2.05) is 0 Å². The molecule has 1 aliphatic rings. The Morgan fingerprint density at radius 1 is 1.33 bits per heavy atom. The number of carbonyl (C=O) groups excluding carboxylic acids is 1. The molecule has 0 aromatic rings. The first-order chi connectivity index (χ1) is 4.39. The maximum atomic E-state index is 10.5. The molecule has 0 aliphatic carbocycles. The second-order valence-corrected chi connectivity index (χ2v) is 1.55. The molecule has 0 radical (unpaired) electrons. The van der Waals surface area contributed by atoms with E-state index in [0.29, 0.717) is 0 Å². The summed E-state index contributed by atoms with van der Waals surface area (Å²) < 4.78 is 0. The lowest BCUT2D eigenvalue weighted by Crippen LogP contribution is -1.99. The molecule has 0 aromatic heterocycles. The van der Waals surface area contributed by atoms with Crippen LogP contribution in [0.1, 0.15) is 0 Å². The molecule has 1 amide bonds. The van der Waals surface area contributed by atoms with E-state index in [-0.39, 0.29) is 12.5 Å². The van der Waals surface area contributed by atoms with Crippen molar-refractivity contribution in [2.75, 3.05) is 6.54 Å². The van der Waals surface area contributed by atoms with Gasteiger partial charge in [0.15, 0.2) is 0 Å². The van der Waals surface area contributed by atoms with Gasteiger partial charge in [-0.2, -0.15) is 0 Å². The molecule has 0 spiro atoms. The number of allylic oxidation sites excluding steroid dienone is 2. The Morgan fingerprint density at radius 2 is 2.11 bits per heavy atom. The van der Waals surface area contributed by atoms with Crippen LogP contribution in [-0.2, 0) is 4.79 Å². The van der Waals surface area contributed by atoms with Crippen molar-refractivity contribution in [3.63, 3.8) is 0 Å². The van der Waals surface area contributed by atoms with Crippen molar-refractivity contribution in [1.82, 2.24) is 0 Å². The Labute approximate surface area is 52.8 Å². The van der Waals surface area contributed by atoms with Crippen molar-refractivity contribution < 1.29 is 4.79 Å². The van der Waals surface area contributed by atoms with Crippen LogP contribution < -0.4 is 0 Å². The largest absolute Gasteiger partial charge is 0.283 e. The highest BCUT2D eigenvalue weighted by Crippen LogP contribution is 1.80. The molecule has 3 heteroatoms. The molecule has 0 N–H and O–H groups in total. The fourth-order valence-electron chi connectivity index (χ4n) is 0.458. The summed E-state index contributed by atoms with van der Waals surface area (Å²) in [6.45, 7) is 0.167. The van der Waals surface area contributed by atoms with Crippen LogP contribution in [0.2, 0.25) is 0 Å². The van der Waals surface area contributed by atoms with E-state index >= 15 is 0 Å². The molecule has 3 nitrogen and oxygen atoms in total. The molecule has 1 rings (SSSR count). The van der Waals surface area contributed by atoms with Crippen LogP contribution in [0.25, 0.3) is 0 Å². The van der Waals surface area contributed by atoms with Crippen molar-refractivity contribution in [2.45, 2.75) is 0 Å². The predicted molar refractivity (Wildman–Crippen MR) is 36.0 cm³/mol. The Hall–Kier alpha value is -1.25. The molecule has 0 bridgehead atoms. The summed E-state index contributed by atoms with van der Waals surface area (Å²) in [6, 6.07) is 0. The maximum absolute atomic E-state index is 10.5. The molecule has 0 atom stereocenters. The van der Waals surface area contributed by atoms with E-state index in [4.69, 9.17) is 0 Å². The molecule has 0 aromatic carbocycles. The van der Waals surface area contributed by atoms with Crippen LogP contribution >= 0.6 is 0 Å². The summed E-state index contributed by atoms with van der Waals surface area (Å²) in [7, 11) is 0. The maximum Gasteiger partial charge on any atom is 0.267 e. The first kappa shape index (κ1) is 5.88. The molecular weight excluding hydrogens is 116 g/mol. The van der Waals surface area contributed by atoms with E-state index < -0.39 is 0 Å². The topological polar surface area (TPSA) is 41.8 Å². The van der Waals surface area contributed by atoms with Gasteiger partial charge in [-0.25, -0.2) is 4.99 Å². The average Bonchev–Trinajstić information content (AvgIpc) is 1.79. The van der Waals surface area contributed by atoms with Gasteiger partial charge < -0.3 is 0 Å². The molecule has 1 aliphatic heterocycles. The van der Waals surface area contributed by atoms with Gasteiger partial charge in [0.1, 0.15) is 6.54 Å². The molecule has 0 saturated heterocycles. The van der Waals surface area contributed by atoms with Gasteiger partial charge >= 0.3 is 0 Å². The summed E-state index contributed by atoms with van der Waals surface area (Å²) in [5, 5.41) is 0. The van der Waals surface area contributed by atoms with Gasteiger partial charge in [-0.1, -0.05) is 0 Å². The number of aliphatic imine (C=N–C) groups is 2. The molecular formula is C6H6N2O. The minimum Gasteiger partial charge on any atom is -0.283 e. The molecule has 0 saturated carbocycles. The highest BCUT2D eigenvalue weighted by molar-refractivity contribution is 5.94. The fourth-order valence-corrected chi connectivity index (χ4v) is 0.458.